The number of Topliss-reactive ketones (excluding diaryl/α,β-unsaturated/α-hetero) is 1. The van der Waals surface area contributed by atoms with Gasteiger partial charge < -0.3 is 19.6 Å². The lowest BCUT2D eigenvalue weighted by atomic mass is 9.75. The third-order valence-electron chi connectivity index (χ3n) is 5.80. The van der Waals surface area contributed by atoms with E-state index >= 15 is 0 Å². The van der Waals surface area contributed by atoms with Crippen LogP contribution in [0.2, 0.25) is 0 Å². The quantitative estimate of drug-likeness (QED) is 0.642. The van der Waals surface area contributed by atoms with Crippen molar-refractivity contribution in [3.05, 3.63) is 81.3 Å². The highest BCUT2D eigenvalue weighted by atomic mass is 16.5. The van der Waals surface area contributed by atoms with Crippen molar-refractivity contribution in [1.82, 2.24) is 19.9 Å². The van der Waals surface area contributed by atoms with Crippen molar-refractivity contribution in [2.75, 3.05) is 7.11 Å². The fourth-order valence-electron chi connectivity index (χ4n) is 4.15. The molecule has 2 heterocycles. The first-order valence-corrected chi connectivity index (χ1v) is 10.4. The molecule has 8 heteroatoms. The van der Waals surface area contributed by atoms with Gasteiger partial charge in [0.05, 0.1) is 7.11 Å². The van der Waals surface area contributed by atoms with E-state index in [0.717, 1.165) is 5.56 Å². The Balaban J connectivity index is 1.70. The first-order valence-electron chi connectivity index (χ1n) is 10.4. The van der Waals surface area contributed by atoms with Gasteiger partial charge in [-0.15, -0.1) is 0 Å². The highest BCUT2D eigenvalue weighted by Gasteiger charge is 2.33. The number of hydrogen-bond donors (Lipinski definition) is 2. The number of carbonyl (C=O) groups is 2. The number of ketones is 1. The van der Waals surface area contributed by atoms with Crippen LogP contribution in [0.3, 0.4) is 0 Å². The molecule has 166 valence electrons. The molecule has 3 aromatic rings. The largest absolute Gasteiger partial charge is 0.497 e. The maximum absolute atomic E-state index is 13.2. The number of imidazole rings is 1. The Labute approximate surface area is 185 Å². The predicted octanol–water partition coefficient (Wildman–Crippen LogP) is 2.79. The third kappa shape index (κ3) is 4.08. The maximum atomic E-state index is 13.2. The smallest absolute Gasteiger partial charge is 0.261 e. The topological polar surface area (TPSA) is 106 Å². The minimum Gasteiger partial charge on any atom is -0.497 e. The molecule has 8 nitrogen and oxygen atoms in total. The van der Waals surface area contributed by atoms with Gasteiger partial charge in [-0.25, -0.2) is 4.98 Å². The lowest BCUT2D eigenvalue weighted by molar-refractivity contribution is 0.0910. The van der Waals surface area contributed by atoms with Crippen LogP contribution in [0, 0.1) is 5.41 Å². The van der Waals surface area contributed by atoms with Crippen molar-refractivity contribution in [3.63, 3.8) is 0 Å². The van der Waals surface area contributed by atoms with Crippen LogP contribution in [0.4, 0.5) is 0 Å². The zero-order valence-corrected chi connectivity index (χ0v) is 18.6. The predicted molar refractivity (Wildman–Crippen MR) is 119 cm³/mol. The fourth-order valence-corrected chi connectivity index (χ4v) is 4.15. The highest BCUT2D eigenvalue weighted by Crippen LogP contribution is 2.33. The number of benzene rings is 1. The molecule has 1 aromatic carbocycles. The average Bonchev–Trinajstić information content (AvgIpc) is 3.16. The number of nitrogens with zero attached hydrogens (tertiary/aromatic N) is 2. The Kier molecular flexibility index (Phi) is 5.46. The Morgan fingerprint density at radius 1 is 1.22 bits per heavy atom. The number of ether oxygens (including phenoxy) is 1. The summed E-state index contributed by atoms with van der Waals surface area (Å²) in [7, 11) is 3.41. The van der Waals surface area contributed by atoms with E-state index in [2.05, 4.69) is 15.3 Å². The molecule has 0 saturated carbocycles. The number of aryl methyl sites for hydroxylation is 1. The highest BCUT2D eigenvalue weighted by molar-refractivity contribution is 6.02. The average molecular weight is 434 g/mol. The number of rotatable bonds is 5. The molecule has 1 unspecified atom stereocenters. The van der Waals surface area contributed by atoms with E-state index in [9.17, 15) is 14.4 Å². The molecule has 1 aliphatic rings. The number of fused-ring (bicyclic) bond motifs is 1. The van der Waals surface area contributed by atoms with E-state index in [1.165, 1.54) is 6.07 Å². The van der Waals surface area contributed by atoms with Crippen molar-refractivity contribution in [1.29, 1.82) is 0 Å². The Bertz CT molecular complexity index is 1240. The van der Waals surface area contributed by atoms with E-state index in [0.29, 0.717) is 35.7 Å². The molecule has 0 radical (unpaired) electrons. The summed E-state index contributed by atoms with van der Waals surface area (Å²) in [5, 5.41) is 2.91. The molecule has 1 atom stereocenters. The SMILES string of the molecule is COc1ccc(C(NC(=O)c2cc3c([nH]c2=O)CC(C)(C)CC3=O)c2nccn2C)cc1. The number of hydrogen-bond acceptors (Lipinski definition) is 5. The summed E-state index contributed by atoms with van der Waals surface area (Å²) in [6, 6.07) is 8.08. The number of nitrogens with one attached hydrogen (secondary N) is 2. The second-order valence-corrected chi connectivity index (χ2v) is 8.92. The molecule has 0 spiro atoms. The monoisotopic (exact) mass is 434 g/mol. The van der Waals surface area contributed by atoms with Gasteiger partial charge in [0.1, 0.15) is 23.2 Å². The maximum Gasteiger partial charge on any atom is 0.261 e. The van der Waals surface area contributed by atoms with Gasteiger partial charge in [-0.05, 0) is 35.6 Å². The molecular formula is C24H26N4O4. The normalized spacial score (nSPS) is 15.7. The second kappa shape index (κ2) is 8.11. The number of pyridine rings is 1. The van der Waals surface area contributed by atoms with Gasteiger partial charge in [0, 0.05) is 37.1 Å². The summed E-state index contributed by atoms with van der Waals surface area (Å²) in [6.07, 6.45) is 4.37. The first-order chi connectivity index (χ1) is 15.2. The Morgan fingerprint density at radius 3 is 2.56 bits per heavy atom. The van der Waals surface area contributed by atoms with Crippen LogP contribution in [-0.2, 0) is 13.5 Å². The summed E-state index contributed by atoms with van der Waals surface area (Å²) >= 11 is 0. The van der Waals surface area contributed by atoms with Crippen LogP contribution in [0.5, 0.6) is 5.75 Å². The third-order valence-corrected chi connectivity index (χ3v) is 5.80. The van der Waals surface area contributed by atoms with Crippen molar-refractivity contribution in [3.8, 4) is 5.75 Å². The van der Waals surface area contributed by atoms with E-state index in [1.54, 1.807) is 36.2 Å². The van der Waals surface area contributed by atoms with Gasteiger partial charge in [-0.3, -0.25) is 14.4 Å². The van der Waals surface area contributed by atoms with Gasteiger partial charge >= 0.3 is 0 Å². The second-order valence-electron chi connectivity index (χ2n) is 8.92. The van der Waals surface area contributed by atoms with Gasteiger partial charge in [-0.1, -0.05) is 26.0 Å². The van der Waals surface area contributed by atoms with Gasteiger partial charge in [0.2, 0.25) is 0 Å². The van der Waals surface area contributed by atoms with Crippen LogP contribution in [-0.4, -0.2) is 33.3 Å². The summed E-state index contributed by atoms with van der Waals surface area (Å²) in [5.74, 6) is 0.648. The lowest BCUT2D eigenvalue weighted by Crippen LogP contribution is -2.37. The number of methoxy groups -OCH3 is 1. The number of aromatic amines is 1. The molecular weight excluding hydrogens is 408 g/mol. The van der Waals surface area contributed by atoms with E-state index in [1.807, 2.05) is 33.0 Å². The summed E-state index contributed by atoms with van der Waals surface area (Å²) < 4.78 is 7.02. The minimum absolute atomic E-state index is 0.0719. The van der Waals surface area contributed by atoms with Crippen molar-refractivity contribution < 1.29 is 14.3 Å². The van der Waals surface area contributed by atoms with Crippen LogP contribution < -0.4 is 15.6 Å². The van der Waals surface area contributed by atoms with Crippen LogP contribution in [0.25, 0.3) is 0 Å². The molecule has 4 rings (SSSR count). The lowest BCUT2D eigenvalue weighted by Gasteiger charge is -2.29. The number of aromatic nitrogens is 3. The first kappa shape index (κ1) is 21.5. The zero-order valence-electron chi connectivity index (χ0n) is 18.6. The van der Waals surface area contributed by atoms with E-state index in [-0.39, 0.29) is 16.8 Å². The molecule has 1 amide bonds. The Hall–Kier alpha value is -3.68. The van der Waals surface area contributed by atoms with Crippen molar-refractivity contribution in [2.24, 2.45) is 12.5 Å². The molecule has 1 aliphatic carbocycles. The van der Waals surface area contributed by atoms with Crippen LogP contribution in [0.1, 0.15) is 64.1 Å². The number of amides is 1. The van der Waals surface area contributed by atoms with Crippen LogP contribution in [0.15, 0.2) is 47.5 Å². The number of H-pyrrole nitrogens is 1. The van der Waals surface area contributed by atoms with Gasteiger partial charge in [-0.2, -0.15) is 0 Å². The Morgan fingerprint density at radius 2 is 1.94 bits per heavy atom. The van der Waals surface area contributed by atoms with Crippen molar-refractivity contribution >= 4 is 11.7 Å². The minimum atomic E-state index is -0.599. The standard InChI is InChI=1S/C24H26N4O4/c1-24(2)12-18-16(19(29)13-24)11-17(22(30)26-18)23(31)27-20(21-25-9-10-28(21)3)14-5-7-15(32-4)8-6-14/h5-11,20H,12-13H2,1-4H3,(H,26,30)(H,27,31). The molecule has 0 fully saturated rings. The molecule has 32 heavy (non-hydrogen) atoms. The fraction of sp³-hybridized carbons (Fsp3) is 0.333. The summed E-state index contributed by atoms with van der Waals surface area (Å²) in [5.41, 5.74) is 0.940. The summed E-state index contributed by atoms with van der Waals surface area (Å²) in [4.78, 5) is 45.7. The molecule has 2 aromatic heterocycles. The van der Waals surface area contributed by atoms with Gasteiger partial charge in [0.15, 0.2) is 5.78 Å². The van der Waals surface area contributed by atoms with Crippen LogP contribution >= 0.6 is 0 Å². The molecule has 0 bridgehead atoms. The summed E-state index contributed by atoms with van der Waals surface area (Å²) in [6.45, 7) is 3.97. The van der Waals surface area contributed by atoms with E-state index < -0.39 is 17.5 Å². The van der Waals surface area contributed by atoms with Crippen molar-refractivity contribution in [2.45, 2.75) is 32.7 Å². The molecule has 0 aliphatic heterocycles. The van der Waals surface area contributed by atoms with Gasteiger partial charge in [0.25, 0.3) is 11.5 Å². The number of carbonyl (C=O) groups excluding carboxylic acids is 2. The zero-order chi connectivity index (χ0) is 23.0. The van der Waals surface area contributed by atoms with E-state index in [4.69, 9.17) is 4.74 Å². The molecule has 0 saturated heterocycles. The molecule has 2 N–H and O–H groups in total.